The molecule has 5 fully saturated rings. The van der Waals surface area contributed by atoms with E-state index in [1.54, 1.807) is 22.8 Å². The summed E-state index contributed by atoms with van der Waals surface area (Å²) < 4.78 is 7.17. The minimum atomic E-state index is -0.351. The summed E-state index contributed by atoms with van der Waals surface area (Å²) in [5.41, 5.74) is 1.17. The summed E-state index contributed by atoms with van der Waals surface area (Å²) >= 11 is 6.17. The molecule has 0 radical (unpaired) electrons. The van der Waals surface area contributed by atoms with Crippen molar-refractivity contribution in [2.45, 2.75) is 57.4 Å². The number of hydrogen-bond acceptors (Lipinski definition) is 3. The highest BCUT2D eigenvalue weighted by molar-refractivity contribution is 6.31. The average molecular weight is 415 g/mol. The van der Waals surface area contributed by atoms with E-state index in [4.69, 9.17) is 16.0 Å². The van der Waals surface area contributed by atoms with Crippen LogP contribution in [-0.2, 0) is 4.79 Å². The summed E-state index contributed by atoms with van der Waals surface area (Å²) in [5, 5.41) is 0.587. The summed E-state index contributed by atoms with van der Waals surface area (Å²) in [4.78, 5) is 28.4. The van der Waals surface area contributed by atoms with E-state index in [1.165, 1.54) is 19.3 Å². The summed E-state index contributed by atoms with van der Waals surface area (Å²) in [6, 6.07) is 5.23. The molecule has 5 aliphatic rings. The molecule has 1 aromatic carbocycles. The van der Waals surface area contributed by atoms with Gasteiger partial charge in [0.25, 0.3) is 0 Å². The Hall–Kier alpha value is -1.75. The molecule has 2 heterocycles. The zero-order valence-corrected chi connectivity index (χ0v) is 17.4. The third-order valence-electron chi connectivity index (χ3n) is 8.12. The van der Waals surface area contributed by atoms with Crippen molar-refractivity contribution in [2.24, 2.45) is 23.2 Å². The third-order valence-corrected chi connectivity index (χ3v) is 8.35. The monoisotopic (exact) mass is 414 g/mol. The summed E-state index contributed by atoms with van der Waals surface area (Å²) in [6.45, 7) is 1.41. The number of carbonyl (C=O) groups excluding carboxylic acids is 1. The maximum Gasteiger partial charge on any atom is 0.420 e. The van der Waals surface area contributed by atoms with Gasteiger partial charge >= 0.3 is 5.76 Å². The summed E-state index contributed by atoms with van der Waals surface area (Å²) in [6.07, 6.45) is 9.08. The summed E-state index contributed by atoms with van der Waals surface area (Å²) in [5.74, 6) is 2.28. The van der Waals surface area contributed by atoms with Crippen LogP contribution in [0.1, 0.15) is 57.4 Å². The maximum atomic E-state index is 13.8. The fourth-order valence-electron chi connectivity index (χ4n) is 7.41. The van der Waals surface area contributed by atoms with Crippen LogP contribution in [0, 0.1) is 23.2 Å². The highest BCUT2D eigenvalue weighted by Gasteiger charge is 2.55. The molecule has 4 aliphatic carbocycles. The lowest BCUT2D eigenvalue weighted by Gasteiger charge is -2.57. The maximum absolute atomic E-state index is 13.8. The number of hydrogen-bond donors (Lipinski definition) is 0. The van der Waals surface area contributed by atoms with Crippen LogP contribution in [0.5, 0.6) is 0 Å². The smallest absolute Gasteiger partial charge is 0.408 e. The van der Waals surface area contributed by atoms with Crippen molar-refractivity contribution in [2.75, 3.05) is 13.1 Å². The van der Waals surface area contributed by atoms with Crippen LogP contribution in [0.3, 0.4) is 0 Å². The summed E-state index contributed by atoms with van der Waals surface area (Å²) in [7, 11) is 0. The zero-order chi connectivity index (χ0) is 19.8. The molecular formula is C23H27ClN2O3. The number of rotatable bonds is 2. The number of halogens is 1. The molecule has 4 saturated carbocycles. The standard InChI is InChI=1S/C23H27ClN2O3/c24-17-3-4-20-19(9-17)26(22(28)29-20)18-2-1-5-25(13-18)21(27)23-10-14-6-15(11-23)8-16(7-14)12-23/h3-4,9,14-16,18H,1-2,5-8,10-13H2. The molecule has 7 rings (SSSR count). The first kappa shape index (κ1) is 18.1. The molecule has 154 valence electrons. The molecule has 29 heavy (non-hydrogen) atoms. The first-order valence-electron chi connectivity index (χ1n) is 11.1. The van der Waals surface area contributed by atoms with E-state index in [0.29, 0.717) is 23.1 Å². The predicted octanol–water partition coefficient (Wildman–Crippen LogP) is 4.63. The highest BCUT2D eigenvalue weighted by atomic mass is 35.5. The Kier molecular flexibility index (Phi) is 3.97. The van der Waals surface area contributed by atoms with Gasteiger partial charge in [0, 0.05) is 18.1 Å². The van der Waals surface area contributed by atoms with Crippen LogP contribution in [0.4, 0.5) is 0 Å². The number of oxazole rings is 1. The molecule has 0 N–H and O–H groups in total. The molecule has 1 amide bonds. The molecule has 5 nitrogen and oxygen atoms in total. The number of aromatic nitrogens is 1. The number of piperidine rings is 1. The fourth-order valence-corrected chi connectivity index (χ4v) is 7.58. The van der Waals surface area contributed by atoms with Crippen LogP contribution in [0.25, 0.3) is 11.1 Å². The molecule has 1 saturated heterocycles. The minimum Gasteiger partial charge on any atom is -0.408 e. The van der Waals surface area contributed by atoms with Crippen molar-refractivity contribution in [3.63, 3.8) is 0 Å². The number of fused-ring (bicyclic) bond motifs is 1. The van der Waals surface area contributed by atoms with E-state index in [0.717, 1.165) is 61.9 Å². The van der Waals surface area contributed by atoms with Crippen molar-refractivity contribution in [1.29, 1.82) is 0 Å². The molecule has 1 unspecified atom stereocenters. The quantitative estimate of drug-likeness (QED) is 0.720. The predicted molar refractivity (Wildman–Crippen MR) is 111 cm³/mol. The Balaban J connectivity index is 1.29. The second kappa shape index (κ2) is 6.37. The zero-order valence-electron chi connectivity index (χ0n) is 16.6. The Morgan fingerprint density at radius 1 is 1.10 bits per heavy atom. The van der Waals surface area contributed by atoms with Crippen molar-refractivity contribution >= 4 is 28.6 Å². The second-order valence-corrected chi connectivity index (χ2v) is 10.5. The molecule has 2 aromatic rings. The van der Waals surface area contributed by atoms with Crippen molar-refractivity contribution < 1.29 is 9.21 Å². The van der Waals surface area contributed by atoms with Crippen LogP contribution in [-0.4, -0.2) is 28.5 Å². The number of nitrogens with zero attached hydrogens (tertiary/aromatic N) is 2. The van der Waals surface area contributed by atoms with E-state index >= 15 is 0 Å². The van der Waals surface area contributed by atoms with Gasteiger partial charge in [0.05, 0.1) is 17.0 Å². The van der Waals surface area contributed by atoms with Crippen LogP contribution in [0.2, 0.25) is 5.02 Å². The molecular weight excluding hydrogens is 388 g/mol. The number of amides is 1. The first-order valence-corrected chi connectivity index (χ1v) is 11.5. The Labute approximate surface area is 175 Å². The third kappa shape index (κ3) is 2.80. The van der Waals surface area contributed by atoms with Gasteiger partial charge in [-0.2, -0.15) is 0 Å². The Morgan fingerprint density at radius 3 is 2.48 bits per heavy atom. The largest absolute Gasteiger partial charge is 0.420 e. The van der Waals surface area contributed by atoms with Gasteiger partial charge in [0.1, 0.15) is 0 Å². The average Bonchev–Trinajstić information content (AvgIpc) is 3.01. The molecule has 1 aliphatic heterocycles. The molecule has 6 heteroatoms. The van der Waals surface area contributed by atoms with Gasteiger partial charge in [-0.15, -0.1) is 0 Å². The van der Waals surface area contributed by atoms with E-state index in [2.05, 4.69) is 4.90 Å². The van der Waals surface area contributed by atoms with Gasteiger partial charge in [-0.1, -0.05) is 11.6 Å². The van der Waals surface area contributed by atoms with Crippen LogP contribution < -0.4 is 5.76 Å². The highest BCUT2D eigenvalue weighted by Crippen LogP contribution is 2.60. The molecule has 0 spiro atoms. The van der Waals surface area contributed by atoms with Gasteiger partial charge in [0.15, 0.2) is 5.58 Å². The van der Waals surface area contributed by atoms with E-state index in [-0.39, 0.29) is 17.2 Å². The Bertz CT molecular complexity index is 1000. The van der Waals surface area contributed by atoms with Crippen molar-refractivity contribution in [3.8, 4) is 0 Å². The van der Waals surface area contributed by atoms with Gasteiger partial charge in [-0.3, -0.25) is 9.36 Å². The molecule has 1 aromatic heterocycles. The van der Waals surface area contributed by atoms with Crippen LogP contribution >= 0.6 is 11.6 Å². The van der Waals surface area contributed by atoms with Gasteiger partial charge in [-0.25, -0.2) is 4.79 Å². The topological polar surface area (TPSA) is 55.5 Å². The fraction of sp³-hybridized carbons (Fsp3) is 0.652. The second-order valence-electron chi connectivity index (χ2n) is 10.1. The van der Waals surface area contributed by atoms with E-state index < -0.39 is 0 Å². The number of likely N-dealkylation sites (tertiary alicyclic amines) is 1. The SMILES string of the molecule is O=C(N1CCCC(n2c(=O)oc3ccc(Cl)cc32)C1)C12CC3CC(CC(C3)C1)C2. The van der Waals surface area contributed by atoms with E-state index in [9.17, 15) is 9.59 Å². The van der Waals surface area contributed by atoms with Crippen LogP contribution in [0.15, 0.2) is 27.4 Å². The van der Waals surface area contributed by atoms with Crippen molar-refractivity contribution in [3.05, 3.63) is 33.8 Å². The van der Waals surface area contributed by atoms with Gasteiger partial charge in [0.2, 0.25) is 5.91 Å². The molecule has 4 bridgehead atoms. The lowest BCUT2D eigenvalue weighted by atomic mass is 9.49. The number of carbonyl (C=O) groups is 1. The first-order chi connectivity index (χ1) is 14.0. The molecule has 1 atom stereocenters. The van der Waals surface area contributed by atoms with Gasteiger partial charge < -0.3 is 9.32 Å². The normalized spacial score (nSPS) is 36.1. The van der Waals surface area contributed by atoms with E-state index in [1.807, 2.05) is 0 Å². The van der Waals surface area contributed by atoms with Gasteiger partial charge in [-0.05, 0) is 87.3 Å². The minimum absolute atomic E-state index is 0.0474. The Morgan fingerprint density at radius 2 is 1.79 bits per heavy atom. The number of benzene rings is 1. The van der Waals surface area contributed by atoms with Crippen molar-refractivity contribution in [1.82, 2.24) is 9.47 Å². The lowest BCUT2D eigenvalue weighted by Crippen LogP contribution is -2.56. The lowest BCUT2D eigenvalue weighted by molar-refractivity contribution is -0.159.